The number of β-amino-alcohol motifs (C(OH)–C–C–N with tert-alkyl or cyclic N) is 1. The number of aromatic carboxylic acids is 1. The molecule has 1 fully saturated rings. The van der Waals surface area contributed by atoms with E-state index in [1.807, 2.05) is 0 Å². The number of carboxylic acids is 1. The predicted molar refractivity (Wildman–Crippen MR) is 70.9 cm³/mol. The highest BCUT2D eigenvalue weighted by Gasteiger charge is 2.38. The van der Waals surface area contributed by atoms with Crippen molar-refractivity contribution in [2.24, 2.45) is 0 Å². The molecule has 0 bridgehead atoms. The molecular formula is C14H14F3NO5. The van der Waals surface area contributed by atoms with Gasteiger partial charge < -0.3 is 20.2 Å². The molecule has 2 rings (SSSR count). The fraction of sp³-hybridized carbons (Fsp3) is 0.429. The van der Waals surface area contributed by atoms with Gasteiger partial charge in [-0.2, -0.15) is 13.2 Å². The normalized spacial score (nSPS) is 22.0. The van der Waals surface area contributed by atoms with E-state index in [2.05, 4.69) is 0 Å². The molecule has 9 heteroatoms. The Balaban J connectivity index is 2.38. The number of aliphatic hydroxyl groups is 2. The maximum Gasteiger partial charge on any atom is 0.417 e. The van der Waals surface area contributed by atoms with Gasteiger partial charge in [0.1, 0.15) is 0 Å². The van der Waals surface area contributed by atoms with E-state index >= 15 is 0 Å². The van der Waals surface area contributed by atoms with Crippen molar-refractivity contribution in [3.05, 3.63) is 34.9 Å². The molecule has 6 nitrogen and oxygen atoms in total. The van der Waals surface area contributed by atoms with Gasteiger partial charge in [0, 0.05) is 13.1 Å². The molecule has 0 aliphatic carbocycles. The van der Waals surface area contributed by atoms with E-state index in [0.717, 1.165) is 17.0 Å². The van der Waals surface area contributed by atoms with Crippen molar-refractivity contribution >= 4 is 11.9 Å². The Morgan fingerprint density at radius 2 is 1.83 bits per heavy atom. The summed E-state index contributed by atoms with van der Waals surface area (Å²) < 4.78 is 39.3. The second-order valence-electron chi connectivity index (χ2n) is 5.24. The van der Waals surface area contributed by atoms with Crippen LogP contribution in [-0.2, 0) is 6.18 Å². The number of nitrogens with zero attached hydrogens (tertiary/aromatic N) is 1. The second kappa shape index (κ2) is 6.17. The van der Waals surface area contributed by atoms with Crippen molar-refractivity contribution in [2.75, 3.05) is 13.1 Å². The van der Waals surface area contributed by atoms with E-state index in [1.54, 1.807) is 0 Å². The van der Waals surface area contributed by atoms with Gasteiger partial charge in [-0.15, -0.1) is 0 Å². The molecule has 1 amide bonds. The zero-order valence-electron chi connectivity index (χ0n) is 11.7. The Labute approximate surface area is 128 Å². The molecule has 1 aromatic rings. The lowest BCUT2D eigenvalue weighted by Crippen LogP contribution is -2.49. The zero-order valence-corrected chi connectivity index (χ0v) is 11.7. The van der Waals surface area contributed by atoms with Crippen LogP contribution < -0.4 is 0 Å². The Bertz CT molecular complexity index is 631. The molecule has 1 aliphatic rings. The van der Waals surface area contributed by atoms with Crippen LogP contribution in [0, 0.1) is 0 Å². The minimum atomic E-state index is -4.90. The number of carbonyl (C=O) groups is 2. The van der Waals surface area contributed by atoms with Crippen molar-refractivity contribution in [2.45, 2.75) is 24.8 Å². The lowest BCUT2D eigenvalue weighted by molar-refractivity contribution is -0.138. The SMILES string of the molecule is O=C(O)c1ccc(C(=O)N2CC[C@@H](O)[C@@H](O)C2)c(C(F)(F)F)c1. The molecule has 1 aliphatic heterocycles. The van der Waals surface area contributed by atoms with Crippen molar-refractivity contribution in [3.8, 4) is 0 Å². The van der Waals surface area contributed by atoms with Gasteiger partial charge in [0.15, 0.2) is 0 Å². The average Bonchev–Trinajstić information content (AvgIpc) is 2.47. The van der Waals surface area contributed by atoms with Gasteiger partial charge in [0.05, 0.1) is 28.9 Å². The van der Waals surface area contributed by atoms with Crippen molar-refractivity contribution in [1.29, 1.82) is 0 Å². The fourth-order valence-electron chi connectivity index (χ4n) is 2.37. The third-order valence-electron chi connectivity index (χ3n) is 3.64. The summed E-state index contributed by atoms with van der Waals surface area (Å²) in [5, 5.41) is 27.7. The number of piperidine rings is 1. The summed E-state index contributed by atoms with van der Waals surface area (Å²) in [4.78, 5) is 24.1. The summed E-state index contributed by atoms with van der Waals surface area (Å²) in [5.41, 5.74) is -2.61. The molecule has 23 heavy (non-hydrogen) atoms. The number of halogens is 3. The molecule has 0 saturated carbocycles. The van der Waals surface area contributed by atoms with E-state index in [-0.39, 0.29) is 19.5 Å². The van der Waals surface area contributed by atoms with Crippen LogP contribution in [0.2, 0.25) is 0 Å². The van der Waals surface area contributed by atoms with Crippen LogP contribution in [0.25, 0.3) is 0 Å². The highest BCUT2D eigenvalue weighted by Crippen LogP contribution is 2.33. The summed E-state index contributed by atoms with van der Waals surface area (Å²) in [5.74, 6) is -2.51. The monoisotopic (exact) mass is 333 g/mol. The van der Waals surface area contributed by atoms with E-state index in [1.165, 1.54) is 0 Å². The van der Waals surface area contributed by atoms with Crippen LogP contribution in [0.15, 0.2) is 18.2 Å². The average molecular weight is 333 g/mol. The lowest BCUT2D eigenvalue weighted by Gasteiger charge is -2.33. The van der Waals surface area contributed by atoms with Gasteiger partial charge in [0.25, 0.3) is 5.91 Å². The number of benzene rings is 1. The molecular weight excluding hydrogens is 319 g/mol. The molecule has 3 N–H and O–H groups in total. The summed E-state index contributed by atoms with van der Waals surface area (Å²) in [6.45, 7) is -0.299. The number of aliphatic hydroxyl groups excluding tert-OH is 2. The molecule has 0 aromatic heterocycles. The first-order valence-electron chi connectivity index (χ1n) is 6.71. The van der Waals surface area contributed by atoms with Gasteiger partial charge in [-0.3, -0.25) is 4.79 Å². The second-order valence-corrected chi connectivity index (χ2v) is 5.24. The number of likely N-dealkylation sites (tertiary alicyclic amines) is 1. The van der Waals surface area contributed by atoms with Crippen LogP contribution in [-0.4, -0.2) is 57.4 Å². The molecule has 1 heterocycles. The van der Waals surface area contributed by atoms with E-state index in [0.29, 0.717) is 6.07 Å². The number of hydrogen-bond donors (Lipinski definition) is 3. The van der Waals surface area contributed by atoms with E-state index in [9.17, 15) is 33.0 Å². The maximum atomic E-state index is 13.1. The van der Waals surface area contributed by atoms with E-state index in [4.69, 9.17) is 5.11 Å². The van der Waals surface area contributed by atoms with Crippen LogP contribution in [0.1, 0.15) is 32.7 Å². The zero-order chi connectivity index (χ0) is 17.4. The molecule has 1 aromatic carbocycles. The quantitative estimate of drug-likeness (QED) is 0.749. The molecule has 0 unspecified atom stereocenters. The molecule has 0 radical (unpaired) electrons. The summed E-state index contributed by atoms with van der Waals surface area (Å²) >= 11 is 0. The molecule has 126 valence electrons. The van der Waals surface area contributed by atoms with Crippen LogP contribution in [0.4, 0.5) is 13.2 Å². The highest BCUT2D eigenvalue weighted by atomic mass is 19.4. The van der Waals surface area contributed by atoms with Crippen molar-refractivity contribution < 1.29 is 38.1 Å². The fourth-order valence-corrected chi connectivity index (χ4v) is 2.37. The first-order chi connectivity index (χ1) is 10.6. The minimum Gasteiger partial charge on any atom is -0.478 e. The highest BCUT2D eigenvalue weighted by molar-refractivity contribution is 5.97. The Morgan fingerprint density at radius 3 is 2.35 bits per heavy atom. The number of alkyl halides is 3. The predicted octanol–water partition coefficient (Wildman–Crippen LogP) is 0.971. The summed E-state index contributed by atoms with van der Waals surface area (Å²) in [7, 11) is 0. The lowest BCUT2D eigenvalue weighted by atomic mass is 9.99. The molecule has 0 spiro atoms. The number of rotatable bonds is 2. The molecule has 2 atom stereocenters. The van der Waals surface area contributed by atoms with Gasteiger partial charge >= 0.3 is 12.1 Å². The Kier molecular flexibility index (Phi) is 4.62. The topological polar surface area (TPSA) is 98.1 Å². The largest absolute Gasteiger partial charge is 0.478 e. The smallest absolute Gasteiger partial charge is 0.417 e. The first kappa shape index (κ1) is 17.2. The van der Waals surface area contributed by atoms with E-state index < -0.39 is 47.0 Å². The van der Waals surface area contributed by atoms with Crippen molar-refractivity contribution in [1.82, 2.24) is 4.90 Å². The van der Waals surface area contributed by atoms with Crippen LogP contribution in [0.5, 0.6) is 0 Å². The van der Waals surface area contributed by atoms with Crippen LogP contribution in [0.3, 0.4) is 0 Å². The maximum absolute atomic E-state index is 13.1. The first-order valence-corrected chi connectivity index (χ1v) is 6.71. The summed E-state index contributed by atoms with van der Waals surface area (Å²) in [6.07, 6.45) is -7.12. The standard InChI is InChI=1S/C14H14F3NO5/c15-14(16,17)9-5-7(13(22)23)1-2-8(9)12(21)18-4-3-10(19)11(20)6-18/h1-2,5,10-11,19-20H,3-4,6H2,(H,22,23)/t10-,11+/m1/s1. The Hall–Kier alpha value is -2.13. The van der Waals surface area contributed by atoms with Gasteiger partial charge in [-0.25, -0.2) is 4.79 Å². The Morgan fingerprint density at radius 1 is 1.17 bits per heavy atom. The van der Waals surface area contributed by atoms with Gasteiger partial charge in [-0.1, -0.05) is 0 Å². The summed E-state index contributed by atoms with van der Waals surface area (Å²) in [6, 6.07) is 2.14. The van der Waals surface area contributed by atoms with Crippen molar-refractivity contribution in [3.63, 3.8) is 0 Å². The number of carboxylic acid groups (broad SMARTS) is 1. The third kappa shape index (κ3) is 3.62. The van der Waals surface area contributed by atoms with Crippen LogP contribution >= 0.6 is 0 Å². The number of hydrogen-bond acceptors (Lipinski definition) is 4. The molecule has 1 saturated heterocycles. The number of carbonyl (C=O) groups excluding carboxylic acids is 1. The number of amides is 1. The van der Waals surface area contributed by atoms with Gasteiger partial charge in [0.2, 0.25) is 0 Å². The minimum absolute atomic E-state index is 0.00492. The third-order valence-corrected chi connectivity index (χ3v) is 3.64. The van der Waals surface area contributed by atoms with Gasteiger partial charge in [-0.05, 0) is 24.6 Å².